The normalized spacial score (nSPS) is 20.2. The highest BCUT2D eigenvalue weighted by molar-refractivity contribution is 9.10. The minimum absolute atomic E-state index is 0.407. The lowest BCUT2D eigenvalue weighted by atomic mass is 10.1. The van der Waals surface area contributed by atoms with Crippen molar-refractivity contribution in [2.45, 2.75) is 45.2 Å². The maximum Gasteiger partial charge on any atom is 0.0292 e. The van der Waals surface area contributed by atoms with Crippen molar-refractivity contribution < 1.29 is 0 Å². The summed E-state index contributed by atoms with van der Waals surface area (Å²) in [6, 6.07) is 9.61. The van der Waals surface area contributed by atoms with Crippen LogP contribution < -0.4 is 5.32 Å². The maximum absolute atomic E-state index is 3.66. The van der Waals surface area contributed by atoms with Gasteiger partial charge in [0.25, 0.3) is 0 Å². The highest BCUT2D eigenvalue weighted by atomic mass is 79.9. The number of rotatable bonds is 5. The molecule has 0 amide bonds. The van der Waals surface area contributed by atoms with Gasteiger partial charge in [-0.1, -0.05) is 34.5 Å². The van der Waals surface area contributed by atoms with Gasteiger partial charge in [-0.15, -0.1) is 0 Å². The summed E-state index contributed by atoms with van der Waals surface area (Å²) < 4.78 is 1.16. The highest BCUT2D eigenvalue weighted by Crippen LogP contribution is 2.18. The molecule has 1 fully saturated rings. The van der Waals surface area contributed by atoms with Crippen LogP contribution in [-0.2, 0) is 0 Å². The molecule has 1 aromatic rings. The summed E-state index contributed by atoms with van der Waals surface area (Å²) in [6.45, 7) is 8.19. The van der Waals surface area contributed by atoms with Gasteiger partial charge in [-0.2, -0.15) is 0 Å². The molecule has 1 aromatic carbocycles. The molecule has 106 valence electrons. The van der Waals surface area contributed by atoms with Crippen LogP contribution in [0.15, 0.2) is 28.7 Å². The molecule has 1 aliphatic rings. The summed E-state index contributed by atoms with van der Waals surface area (Å²) in [5.74, 6) is 0. The summed E-state index contributed by atoms with van der Waals surface area (Å²) in [4.78, 5) is 2.62. The van der Waals surface area contributed by atoms with Gasteiger partial charge in [-0.25, -0.2) is 0 Å². The third kappa shape index (κ3) is 4.59. The Bertz CT molecular complexity index is 388. The fourth-order valence-electron chi connectivity index (χ4n) is 2.73. The van der Waals surface area contributed by atoms with Crippen LogP contribution >= 0.6 is 15.9 Å². The summed E-state index contributed by atoms with van der Waals surface area (Å²) in [5, 5.41) is 3.66. The van der Waals surface area contributed by atoms with Crippen LogP contribution in [0.25, 0.3) is 0 Å². The van der Waals surface area contributed by atoms with Gasteiger partial charge in [-0.3, -0.25) is 4.90 Å². The molecule has 1 saturated heterocycles. The third-order valence-corrected chi connectivity index (χ3v) is 4.58. The number of halogens is 1. The molecule has 1 heterocycles. The number of nitrogens with one attached hydrogen (secondary N) is 1. The minimum Gasteiger partial charge on any atom is -0.309 e. The van der Waals surface area contributed by atoms with Crippen LogP contribution in [0.1, 0.15) is 44.7 Å². The Morgan fingerprint density at radius 2 is 1.95 bits per heavy atom. The molecule has 1 aliphatic heterocycles. The Labute approximate surface area is 125 Å². The largest absolute Gasteiger partial charge is 0.309 e. The van der Waals surface area contributed by atoms with Crippen molar-refractivity contribution >= 4 is 15.9 Å². The predicted molar refractivity (Wildman–Crippen MR) is 85.4 cm³/mol. The Hall–Kier alpha value is -0.380. The monoisotopic (exact) mass is 324 g/mol. The Balaban J connectivity index is 1.80. The quantitative estimate of drug-likeness (QED) is 0.881. The number of likely N-dealkylation sites (tertiary alicyclic amines) is 1. The molecule has 0 bridgehead atoms. The molecule has 1 N–H and O–H groups in total. The van der Waals surface area contributed by atoms with E-state index in [-0.39, 0.29) is 0 Å². The van der Waals surface area contributed by atoms with Crippen LogP contribution in [0.4, 0.5) is 0 Å². The van der Waals surface area contributed by atoms with Gasteiger partial charge in [0.05, 0.1) is 0 Å². The highest BCUT2D eigenvalue weighted by Gasteiger charge is 2.17. The number of hydrogen-bond donors (Lipinski definition) is 1. The Morgan fingerprint density at radius 1 is 1.21 bits per heavy atom. The van der Waals surface area contributed by atoms with Crippen LogP contribution in [0, 0.1) is 0 Å². The predicted octanol–water partition coefficient (Wildman–Crippen LogP) is 3.97. The zero-order valence-corrected chi connectivity index (χ0v) is 13.6. The second-order valence-corrected chi connectivity index (χ2v) is 6.55. The van der Waals surface area contributed by atoms with E-state index in [4.69, 9.17) is 0 Å². The SMILES string of the molecule is CC(NCC(C)N1CCCCC1)c1cccc(Br)c1. The number of piperidine rings is 1. The van der Waals surface area contributed by atoms with Gasteiger partial charge in [0.2, 0.25) is 0 Å². The van der Waals surface area contributed by atoms with Crippen LogP contribution in [0.3, 0.4) is 0 Å². The van der Waals surface area contributed by atoms with E-state index in [9.17, 15) is 0 Å². The molecule has 0 radical (unpaired) electrons. The van der Waals surface area contributed by atoms with Crippen molar-refractivity contribution in [1.82, 2.24) is 10.2 Å². The van der Waals surface area contributed by atoms with Gasteiger partial charge in [0, 0.05) is 23.1 Å². The average molecular weight is 325 g/mol. The van der Waals surface area contributed by atoms with Gasteiger partial charge >= 0.3 is 0 Å². The molecular formula is C16H25BrN2. The standard InChI is InChI=1S/C16H25BrN2/c1-13(19-9-4-3-5-10-19)12-18-14(2)15-7-6-8-16(17)11-15/h6-8,11,13-14,18H,3-5,9-10,12H2,1-2H3. The first-order valence-electron chi connectivity index (χ1n) is 7.39. The van der Waals surface area contributed by atoms with Crippen molar-refractivity contribution in [3.05, 3.63) is 34.3 Å². The second-order valence-electron chi connectivity index (χ2n) is 5.63. The zero-order chi connectivity index (χ0) is 13.7. The number of nitrogens with zero attached hydrogens (tertiary/aromatic N) is 1. The first-order valence-corrected chi connectivity index (χ1v) is 8.19. The molecule has 3 heteroatoms. The smallest absolute Gasteiger partial charge is 0.0292 e. The lowest BCUT2D eigenvalue weighted by molar-refractivity contribution is 0.168. The first kappa shape index (κ1) is 15.0. The van der Waals surface area contributed by atoms with Gasteiger partial charge in [0.15, 0.2) is 0 Å². The lowest BCUT2D eigenvalue weighted by Gasteiger charge is -2.33. The third-order valence-electron chi connectivity index (χ3n) is 4.08. The van der Waals surface area contributed by atoms with Crippen molar-refractivity contribution in [1.29, 1.82) is 0 Å². The van der Waals surface area contributed by atoms with Crippen LogP contribution in [0.5, 0.6) is 0 Å². The van der Waals surface area contributed by atoms with Crippen LogP contribution in [-0.4, -0.2) is 30.6 Å². The van der Waals surface area contributed by atoms with Crippen LogP contribution in [0.2, 0.25) is 0 Å². The zero-order valence-electron chi connectivity index (χ0n) is 12.0. The fourth-order valence-corrected chi connectivity index (χ4v) is 3.15. The van der Waals surface area contributed by atoms with E-state index in [2.05, 4.69) is 64.3 Å². The molecular weight excluding hydrogens is 300 g/mol. The van der Waals surface area contributed by atoms with Gasteiger partial charge in [-0.05, 0) is 57.5 Å². The van der Waals surface area contributed by atoms with E-state index < -0.39 is 0 Å². The summed E-state index contributed by atoms with van der Waals surface area (Å²) >= 11 is 3.54. The Morgan fingerprint density at radius 3 is 2.63 bits per heavy atom. The summed E-state index contributed by atoms with van der Waals surface area (Å²) in [7, 11) is 0. The van der Waals surface area contributed by atoms with Crippen molar-refractivity contribution in [2.75, 3.05) is 19.6 Å². The minimum atomic E-state index is 0.407. The first-order chi connectivity index (χ1) is 9.16. The van der Waals surface area contributed by atoms with E-state index in [0.29, 0.717) is 12.1 Å². The molecule has 0 saturated carbocycles. The number of hydrogen-bond acceptors (Lipinski definition) is 2. The maximum atomic E-state index is 3.66. The van der Waals surface area contributed by atoms with E-state index in [1.54, 1.807) is 0 Å². The van der Waals surface area contributed by atoms with E-state index in [0.717, 1.165) is 11.0 Å². The van der Waals surface area contributed by atoms with E-state index >= 15 is 0 Å². The molecule has 2 unspecified atom stereocenters. The summed E-state index contributed by atoms with van der Waals surface area (Å²) in [6.07, 6.45) is 4.14. The topological polar surface area (TPSA) is 15.3 Å². The van der Waals surface area contributed by atoms with Crippen molar-refractivity contribution in [3.63, 3.8) is 0 Å². The summed E-state index contributed by atoms with van der Waals surface area (Å²) in [5.41, 5.74) is 1.35. The molecule has 19 heavy (non-hydrogen) atoms. The number of benzene rings is 1. The average Bonchev–Trinajstić information content (AvgIpc) is 2.45. The molecule has 0 aliphatic carbocycles. The van der Waals surface area contributed by atoms with Gasteiger partial charge in [0.1, 0.15) is 0 Å². The van der Waals surface area contributed by atoms with E-state index in [1.165, 1.54) is 37.9 Å². The molecule has 0 aromatic heterocycles. The Kier molecular flexibility index (Phi) is 5.86. The molecule has 2 nitrogen and oxygen atoms in total. The second kappa shape index (κ2) is 7.41. The molecule has 0 spiro atoms. The van der Waals surface area contributed by atoms with Crippen molar-refractivity contribution in [2.24, 2.45) is 0 Å². The molecule has 2 rings (SSSR count). The lowest BCUT2D eigenvalue weighted by Crippen LogP contribution is -2.43. The fraction of sp³-hybridized carbons (Fsp3) is 0.625. The van der Waals surface area contributed by atoms with Gasteiger partial charge < -0.3 is 5.32 Å². The van der Waals surface area contributed by atoms with Crippen molar-refractivity contribution in [3.8, 4) is 0 Å². The molecule has 2 atom stereocenters. The van der Waals surface area contributed by atoms with E-state index in [1.807, 2.05) is 0 Å².